The molecule has 4 amide bonds. The van der Waals surface area contributed by atoms with E-state index in [-0.39, 0.29) is 41.8 Å². The van der Waals surface area contributed by atoms with Crippen LogP contribution >= 0.6 is 11.6 Å². The van der Waals surface area contributed by atoms with Gasteiger partial charge in [0.15, 0.2) is 0 Å². The number of likely N-dealkylation sites (tertiary alicyclic amines) is 2. The van der Waals surface area contributed by atoms with E-state index in [4.69, 9.17) is 40.5 Å². The number of imidazole rings is 2. The third kappa shape index (κ3) is 9.18. The molecule has 4 fully saturated rings. The smallest absolute Gasteiger partial charge is 0.407 e. The van der Waals surface area contributed by atoms with Crippen LogP contribution in [0, 0.1) is 11.8 Å². The lowest BCUT2D eigenvalue weighted by Gasteiger charge is -2.36. The number of methoxy groups -OCH3 is 2. The molecule has 2 aromatic heterocycles. The molecule has 0 bridgehead atoms. The summed E-state index contributed by atoms with van der Waals surface area (Å²) in [4.78, 5) is 72.8. The van der Waals surface area contributed by atoms with Crippen molar-refractivity contribution in [3.05, 3.63) is 71.5 Å². The summed E-state index contributed by atoms with van der Waals surface area (Å²) in [7, 11) is 2.59. The first kappa shape index (κ1) is 43.2. The highest BCUT2D eigenvalue weighted by Crippen LogP contribution is 2.40. The first-order valence-electron chi connectivity index (χ1n) is 21.6. The molecule has 6 unspecified atom stereocenters. The first-order chi connectivity index (χ1) is 30.1. The Balaban J connectivity index is 0.938. The van der Waals surface area contributed by atoms with E-state index in [2.05, 4.69) is 32.7 Å². The third-order valence-electron chi connectivity index (χ3n) is 12.8. The number of nitrogens with zero attached hydrogens (tertiary/aromatic N) is 4. The molecule has 0 saturated carbocycles. The number of H-pyrrole nitrogens is 2. The van der Waals surface area contributed by atoms with E-state index in [1.807, 2.05) is 53.1 Å². The van der Waals surface area contributed by atoms with Crippen molar-refractivity contribution < 1.29 is 38.1 Å². The van der Waals surface area contributed by atoms with Crippen LogP contribution in [0.4, 0.5) is 9.59 Å². The fourth-order valence-corrected chi connectivity index (χ4v) is 9.75. The largest absolute Gasteiger partial charge is 0.453 e. The zero-order valence-electron chi connectivity index (χ0n) is 35.4. The second-order valence-electron chi connectivity index (χ2n) is 16.7. The standard InChI is InChI=1S/C45H55ClN8O8/c1-26-10-19-35(54(26)43(56)38(51-45(58)60-3)32-8-6-22-62-25-32)41-49-36(39(46)52-41)30-17-13-28(14-18-30)27-11-15-29(16-12-27)33-23-47-40(48-33)34-9-4-20-53(34)42(55)37(50-44(57)59-2)31-7-5-21-61-24-31/h11-18,23,26,31-32,34-35,37-38H,4-10,19-22,24-25H2,1-3H3,(H,47,48)(H,49,52)(H,50,57)(H,51,58)/t26-,31?,32?,34?,35?,37?,38?/m1/s1. The number of carbonyl (C=O) groups excluding carboxylic acids is 4. The number of nitrogens with one attached hydrogen (secondary N) is 4. The van der Waals surface area contributed by atoms with E-state index >= 15 is 0 Å². The molecule has 6 heterocycles. The summed E-state index contributed by atoms with van der Waals surface area (Å²) in [6.45, 7) is 4.67. The van der Waals surface area contributed by atoms with Gasteiger partial charge in [-0.2, -0.15) is 0 Å². The van der Waals surface area contributed by atoms with E-state index in [1.54, 1.807) is 6.20 Å². The second kappa shape index (κ2) is 19.3. The van der Waals surface area contributed by atoms with Gasteiger partial charge in [-0.05, 0) is 75.0 Å². The summed E-state index contributed by atoms with van der Waals surface area (Å²) in [6.07, 6.45) is 6.76. The molecular formula is C45H55ClN8O8. The predicted octanol–water partition coefficient (Wildman–Crippen LogP) is 6.81. The SMILES string of the molecule is COC(=O)NC(C(=O)N1CCCC1c1ncc(-c2ccc(-c3ccc(-c4nc(C5CC[C@@H](C)N5C(=O)C(NC(=O)OC)C5CCCOC5)[nH]c4Cl)cc3)cc2)[nH]1)C1CCCOC1. The highest BCUT2D eigenvalue weighted by molar-refractivity contribution is 6.31. The maximum atomic E-state index is 14.2. The van der Waals surface area contributed by atoms with E-state index < -0.39 is 24.3 Å². The lowest BCUT2D eigenvalue weighted by atomic mass is 9.92. The van der Waals surface area contributed by atoms with Crippen molar-refractivity contribution in [2.75, 3.05) is 47.2 Å². The zero-order valence-corrected chi connectivity index (χ0v) is 36.1. The Bertz CT molecular complexity index is 2200. The number of carbonyl (C=O) groups is 4. The van der Waals surface area contributed by atoms with Crippen LogP contribution in [-0.4, -0.2) is 119 Å². The topological polar surface area (TPSA) is 193 Å². The second-order valence-corrected chi connectivity index (χ2v) is 17.1. The van der Waals surface area contributed by atoms with Gasteiger partial charge in [0, 0.05) is 43.2 Å². The number of amides is 4. The minimum absolute atomic E-state index is 0.0705. The first-order valence-corrected chi connectivity index (χ1v) is 22.0. The van der Waals surface area contributed by atoms with Crippen LogP contribution in [0.15, 0.2) is 54.7 Å². The van der Waals surface area contributed by atoms with Crippen molar-refractivity contribution in [3.63, 3.8) is 0 Å². The average Bonchev–Trinajstić information content (AvgIpc) is 4.14. The number of halogens is 1. The molecule has 0 radical (unpaired) electrons. The van der Waals surface area contributed by atoms with Crippen molar-refractivity contribution in [1.82, 2.24) is 40.4 Å². The van der Waals surface area contributed by atoms with Crippen LogP contribution in [0.5, 0.6) is 0 Å². The van der Waals surface area contributed by atoms with Crippen molar-refractivity contribution in [2.24, 2.45) is 11.8 Å². The van der Waals surface area contributed by atoms with Crippen molar-refractivity contribution in [2.45, 2.75) is 88.5 Å². The molecule has 8 rings (SSSR count). The van der Waals surface area contributed by atoms with Gasteiger partial charge >= 0.3 is 12.2 Å². The van der Waals surface area contributed by atoms with Crippen LogP contribution in [0.3, 0.4) is 0 Å². The number of rotatable bonds is 11. The average molecular weight is 871 g/mol. The molecule has 16 nitrogen and oxygen atoms in total. The summed E-state index contributed by atoms with van der Waals surface area (Å²) in [5.41, 5.74) is 5.24. The highest BCUT2D eigenvalue weighted by atomic mass is 35.5. The number of alkyl carbamates (subject to hydrolysis) is 2. The van der Waals surface area contributed by atoms with E-state index in [9.17, 15) is 19.2 Å². The van der Waals surface area contributed by atoms with Gasteiger partial charge < -0.3 is 49.3 Å². The monoisotopic (exact) mass is 870 g/mol. The molecule has 4 aliphatic heterocycles. The molecule has 0 aliphatic carbocycles. The molecule has 17 heteroatoms. The summed E-state index contributed by atoms with van der Waals surface area (Å²) in [6, 6.07) is 14.0. The number of benzene rings is 2. The zero-order chi connectivity index (χ0) is 43.3. The predicted molar refractivity (Wildman–Crippen MR) is 230 cm³/mol. The Morgan fingerprint density at radius 3 is 1.89 bits per heavy atom. The van der Waals surface area contributed by atoms with Gasteiger partial charge in [-0.15, -0.1) is 0 Å². The summed E-state index contributed by atoms with van der Waals surface area (Å²) < 4.78 is 21.1. The normalized spacial score (nSPS) is 23.7. The lowest BCUT2D eigenvalue weighted by Crippen LogP contribution is -2.55. The van der Waals surface area contributed by atoms with Gasteiger partial charge in [-0.25, -0.2) is 19.6 Å². The Kier molecular flexibility index (Phi) is 13.4. The molecule has 0 spiro atoms. The van der Waals surface area contributed by atoms with E-state index in [0.717, 1.165) is 72.9 Å². The molecule has 4 aliphatic rings. The number of aromatic nitrogens is 4. The van der Waals surface area contributed by atoms with E-state index in [0.29, 0.717) is 61.9 Å². The summed E-state index contributed by atoms with van der Waals surface area (Å²) in [5.74, 6) is 0.673. The molecule has 330 valence electrons. The third-order valence-corrected chi connectivity index (χ3v) is 13.1. The maximum absolute atomic E-state index is 14.2. The van der Waals surface area contributed by atoms with Gasteiger partial charge in [0.1, 0.15) is 34.6 Å². The minimum Gasteiger partial charge on any atom is -0.453 e. The molecular weight excluding hydrogens is 816 g/mol. The molecule has 4 saturated heterocycles. The number of aromatic amines is 2. The Labute approximate surface area is 365 Å². The van der Waals surface area contributed by atoms with Gasteiger partial charge in [0.05, 0.1) is 51.4 Å². The minimum atomic E-state index is -0.783. The van der Waals surface area contributed by atoms with Gasteiger partial charge in [-0.3, -0.25) is 9.59 Å². The molecule has 7 atom stereocenters. The molecule has 62 heavy (non-hydrogen) atoms. The Hall–Kier alpha value is -5.45. The van der Waals surface area contributed by atoms with Crippen LogP contribution in [0.2, 0.25) is 5.15 Å². The number of ether oxygens (including phenoxy) is 4. The van der Waals surface area contributed by atoms with Crippen LogP contribution in [0.25, 0.3) is 33.6 Å². The molecule has 4 aromatic rings. The van der Waals surface area contributed by atoms with E-state index in [1.165, 1.54) is 14.2 Å². The Morgan fingerprint density at radius 2 is 1.31 bits per heavy atom. The highest BCUT2D eigenvalue weighted by Gasteiger charge is 2.44. The number of hydrogen-bond acceptors (Lipinski definition) is 10. The quantitative estimate of drug-likeness (QED) is 0.125. The maximum Gasteiger partial charge on any atom is 0.407 e. The summed E-state index contributed by atoms with van der Waals surface area (Å²) in [5, 5.41) is 5.96. The van der Waals surface area contributed by atoms with Crippen LogP contribution in [-0.2, 0) is 28.5 Å². The van der Waals surface area contributed by atoms with Gasteiger partial charge in [0.2, 0.25) is 11.8 Å². The van der Waals surface area contributed by atoms with Crippen molar-refractivity contribution in [1.29, 1.82) is 0 Å². The van der Waals surface area contributed by atoms with Crippen molar-refractivity contribution >= 4 is 35.6 Å². The van der Waals surface area contributed by atoms with Crippen molar-refractivity contribution in [3.8, 4) is 33.6 Å². The Morgan fingerprint density at radius 1 is 0.726 bits per heavy atom. The molecule has 4 N–H and O–H groups in total. The molecule has 2 aromatic carbocycles. The fraction of sp³-hybridized carbons (Fsp3) is 0.511. The van der Waals surface area contributed by atoms with Crippen LogP contribution in [0.1, 0.15) is 82.0 Å². The van der Waals surface area contributed by atoms with Gasteiger partial charge in [-0.1, -0.05) is 60.1 Å². The summed E-state index contributed by atoms with van der Waals surface area (Å²) >= 11 is 6.80. The number of hydrogen-bond donors (Lipinski definition) is 4. The van der Waals surface area contributed by atoms with Crippen LogP contribution < -0.4 is 10.6 Å². The fourth-order valence-electron chi connectivity index (χ4n) is 9.50. The lowest BCUT2D eigenvalue weighted by molar-refractivity contribution is -0.139. The van der Waals surface area contributed by atoms with Gasteiger partial charge in [0.25, 0.3) is 0 Å².